The highest BCUT2D eigenvalue weighted by Gasteiger charge is 2.29. The first-order chi connectivity index (χ1) is 13.4. The summed E-state index contributed by atoms with van der Waals surface area (Å²) in [5.74, 6) is -0.391. The van der Waals surface area contributed by atoms with Gasteiger partial charge < -0.3 is 4.74 Å². The Labute approximate surface area is 165 Å². The lowest BCUT2D eigenvalue weighted by Crippen LogP contribution is -2.47. The summed E-state index contributed by atoms with van der Waals surface area (Å²) >= 11 is 0. The van der Waals surface area contributed by atoms with Gasteiger partial charge in [0.2, 0.25) is 6.19 Å². The highest BCUT2D eigenvalue weighted by atomic mass is 16.5. The summed E-state index contributed by atoms with van der Waals surface area (Å²) in [6.45, 7) is 5.89. The van der Waals surface area contributed by atoms with Gasteiger partial charge in [-0.05, 0) is 44.5 Å². The topological polar surface area (TPSA) is 73.6 Å². The van der Waals surface area contributed by atoms with Crippen LogP contribution in [0.3, 0.4) is 0 Å². The first kappa shape index (κ1) is 21.0. The summed E-state index contributed by atoms with van der Waals surface area (Å²) in [5, 5.41) is 11.8. The Hall–Kier alpha value is -3.33. The van der Waals surface area contributed by atoms with Gasteiger partial charge in [0, 0.05) is 23.2 Å². The van der Waals surface area contributed by atoms with Crippen LogP contribution in [0.2, 0.25) is 0 Å². The van der Waals surface area contributed by atoms with Gasteiger partial charge in [-0.15, -0.1) is 5.01 Å². The number of nitriles is 1. The Bertz CT molecular complexity index is 902. The summed E-state index contributed by atoms with van der Waals surface area (Å²) in [5.41, 5.74) is 2.31. The maximum absolute atomic E-state index is 13.1. The van der Waals surface area contributed by atoms with Crippen molar-refractivity contribution in [2.45, 2.75) is 33.6 Å². The molecule has 6 nitrogen and oxygen atoms in total. The van der Waals surface area contributed by atoms with Crippen molar-refractivity contribution >= 4 is 11.8 Å². The van der Waals surface area contributed by atoms with Crippen molar-refractivity contribution in [1.82, 2.24) is 10.0 Å². The fourth-order valence-electron chi connectivity index (χ4n) is 2.92. The molecule has 28 heavy (non-hydrogen) atoms. The third-order valence-electron chi connectivity index (χ3n) is 4.49. The van der Waals surface area contributed by atoms with Gasteiger partial charge in [0.25, 0.3) is 11.8 Å². The maximum Gasteiger partial charge on any atom is 0.286 e. The molecule has 0 radical (unpaired) electrons. The van der Waals surface area contributed by atoms with Crippen molar-refractivity contribution in [3.63, 3.8) is 0 Å². The van der Waals surface area contributed by atoms with E-state index in [1.165, 1.54) is 12.1 Å². The van der Waals surface area contributed by atoms with Crippen LogP contribution in [0.1, 0.15) is 51.6 Å². The minimum atomic E-state index is -0.559. The van der Waals surface area contributed by atoms with Gasteiger partial charge in [-0.25, -0.2) is 5.01 Å². The Balaban J connectivity index is 2.44. The van der Waals surface area contributed by atoms with Crippen molar-refractivity contribution in [1.29, 1.82) is 5.26 Å². The van der Waals surface area contributed by atoms with E-state index in [2.05, 4.69) is 0 Å². The molecule has 0 unspecified atom stereocenters. The van der Waals surface area contributed by atoms with Crippen LogP contribution in [-0.2, 0) is 0 Å². The zero-order chi connectivity index (χ0) is 20.7. The number of nitrogens with zero attached hydrogens (tertiary/aromatic N) is 3. The smallest absolute Gasteiger partial charge is 0.286 e. The minimum absolute atomic E-state index is 0.269. The lowest BCUT2D eigenvalue weighted by atomic mass is 10.1. The van der Waals surface area contributed by atoms with E-state index in [1.807, 2.05) is 26.1 Å². The lowest BCUT2D eigenvalue weighted by Gasteiger charge is -2.29. The normalized spacial score (nSPS) is 10.1. The summed E-state index contributed by atoms with van der Waals surface area (Å²) in [7, 11) is 1.52. The third kappa shape index (κ3) is 4.49. The molecule has 0 N–H and O–H groups in total. The zero-order valence-corrected chi connectivity index (χ0v) is 16.7. The lowest BCUT2D eigenvalue weighted by molar-refractivity contribution is 0.0191. The van der Waals surface area contributed by atoms with Crippen LogP contribution in [-0.4, -0.2) is 35.5 Å². The van der Waals surface area contributed by atoms with Gasteiger partial charge >= 0.3 is 0 Å². The molecule has 0 saturated carbocycles. The van der Waals surface area contributed by atoms with Gasteiger partial charge in [-0.1, -0.05) is 37.1 Å². The van der Waals surface area contributed by atoms with Crippen LogP contribution in [0, 0.1) is 25.3 Å². The highest BCUT2D eigenvalue weighted by molar-refractivity contribution is 6.01. The van der Waals surface area contributed by atoms with E-state index in [0.29, 0.717) is 28.9 Å². The molecule has 0 aliphatic carbocycles. The monoisotopic (exact) mass is 379 g/mol. The van der Waals surface area contributed by atoms with Crippen molar-refractivity contribution < 1.29 is 14.3 Å². The molecule has 2 rings (SSSR count). The quantitative estimate of drug-likeness (QED) is 0.430. The van der Waals surface area contributed by atoms with Crippen LogP contribution in [0.4, 0.5) is 0 Å². The predicted octanol–water partition coefficient (Wildman–Crippen LogP) is 4.09. The Morgan fingerprint density at radius 3 is 2.43 bits per heavy atom. The van der Waals surface area contributed by atoms with Crippen LogP contribution in [0.5, 0.6) is 5.75 Å². The minimum Gasteiger partial charge on any atom is -0.496 e. The zero-order valence-electron chi connectivity index (χ0n) is 16.7. The van der Waals surface area contributed by atoms with Gasteiger partial charge in [0.1, 0.15) is 5.75 Å². The largest absolute Gasteiger partial charge is 0.496 e. The van der Waals surface area contributed by atoms with E-state index in [4.69, 9.17) is 4.74 Å². The molecule has 2 aromatic rings. The fraction of sp³-hybridized carbons (Fsp3) is 0.318. The molecule has 2 amide bonds. The molecule has 0 bridgehead atoms. The second-order valence-corrected chi connectivity index (χ2v) is 6.50. The summed E-state index contributed by atoms with van der Waals surface area (Å²) < 4.78 is 5.27. The Kier molecular flexibility index (Phi) is 7.16. The second-order valence-electron chi connectivity index (χ2n) is 6.50. The molecule has 0 heterocycles. The van der Waals surface area contributed by atoms with Crippen LogP contribution < -0.4 is 4.74 Å². The molecule has 0 aromatic heterocycles. The number of amides is 2. The van der Waals surface area contributed by atoms with Gasteiger partial charge in [0.15, 0.2) is 0 Å². The van der Waals surface area contributed by atoms with E-state index in [1.54, 1.807) is 43.3 Å². The number of unbranched alkanes of at least 4 members (excludes halogenated alkanes) is 1. The molecule has 0 fully saturated rings. The number of ether oxygens (including phenoxy) is 1. The number of aryl methyl sites for hydroxylation is 1. The molecule has 0 spiro atoms. The summed E-state index contributed by atoms with van der Waals surface area (Å²) in [6.07, 6.45) is 3.38. The number of benzene rings is 2. The third-order valence-corrected chi connectivity index (χ3v) is 4.49. The SMILES string of the molecule is CCCCN(C(=O)c1cccc(C)c1)N(C#N)C(=O)c1cccc(OC)c1C. The van der Waals surface area contributed by atoms with Crippen molar-refractivity contribution in [3.8, 4) is 11.9 Å². The van der Waals surface area contributed by atoms with Crippen LogP contribution >= 0.6 is 0 Å². The molecule has 0 aliphatic rings. The number of carbonyl (C=O) groups is 2. The van der Waals surface area contributed by atoms with Crippen molar-refractivity contribution in [2.75, 3.05) is 13.7 Å². The van der Waals surface area contributed by atoms with Gasteiger partial charge in [-0.2, -0.15) is 5.26 Å². The number of carbonyl (C=O) groups excluding carboxylic acids is 2. The molecule has 0 atom stereocenters. The average Bonchev–Trinajstić information content (AvgIpc) is 2.70. The molecular formula is C22H25N3O3. The maximum atomic E-state index is 13.1. The molecule has 2 aromatic carbocycles. The summed E-state index contributed by atoms with van der Waals surface area (Å²) in [4.78, 5) is 26.2. The van der Waals surface area contributed by atoms with E-state index in [-0.39, 0.29) is 12.5 Å². The van der Waals surface area contributed by atoms with E-state index < -0.39 is 5.91 Å². The number of rotatable bonds is 6. The Morgan fingerprint density at radius 1 is 1.11 bits per heavy atom. The summed E-state index contributed by atoms with van der Waals surface area (Å²) in [6, 6.07) is 12.2. The second kappa shape index (κ2) is 9.56. The predicted molar refractivity (Wildman–Crippen MR) is 107 cm³/mol. The standard InChI is InChI=1S/C22H25N3O3/c1-5-6-13-24(21(26)18-10-7-9-16(2)14-18)25(15-23)22(27)19-11-8-12-20(28-4)17(19)3/h7-12,14H,5-6,13H2,1-4H3. The average molecular weight is 379 g/mol. The Morgan fingerprint density at radius 2 is 1.82 bits per heavy atom. The molecular weight excluding hydrogens is 354 g/mol. The highest BCUT2D eigenvalue weighted by Crippen LogP contribution is 2.23. The molecule has 146 valence electrons. The van der Waals surface area contributed by atoms with Crippen molar-refractivity contribution in [2.24, 2.45) is 0 Å². The van der Waals surface area contributed by atoms with E-state index in [9.17, 15) is 14.9 Å². The number of hydrogen-bond donors (Lipinski definition) is 0. The number of hydrogen-bond acceptors (Lipinski definition) is 4. The molecule has 0 aliphatic heterocycles. The van der Waals surface area contributed by atoms with Crippen LogP contribution in [0.15, 0.2) is 42.5 Å². The first-order valence-corrected chi connectivity index (χ1v) is 9.20. The number of methoxy groups -OCH3 is 1. The van der Waals surface area contributed by atoms with Crippen molar-refractivity contribution in [3.05, 3.63) is 64.7 Å². The van der Waals surface area contributed by atoms with Gasteiger partial charge in [0.05, 0.1) is 7.11 Å². The number of hydrazine groups is 1. The van der Waals surface area contributed by atoms with Crippen LogP contribution in [0.25, 0.3) is 0 Å². The van der Waals surface area contributed by atoms with Gasteiger partial charge in [-0.3, -0.25) is 9.59 Å². The molecule has 0 saturated heterocycles. The molecule has 6 heteroatoms. The first-order valence-electron chi connectivity index (χ1n) is 9.20. The fourth-order valence-corrected chi connectivity index (χ4v) is 2.92. The van der Waals surface area contributed by atoms with E-state index in [0.717, 1.165) is 17.0 Å². The van der Waals surface area contributed by atoms with E-state index >= 15 is 0 Å².